The Kier molecular flexibility index (Phi) is 4.86. The highest BCUT2D eigenvalue weighted by Gasteiger charge is 2.17. The molecule has 0 fully saturated rings. The third kappa shape index (κ3) is 3.41. The van der Waals surface area contributed by atoms with Gasteiger partial charge in [-0.25, -0.2) is 17.6 Å². The summed E-state index contributed by atoms with van der Waals surface area (Å²) in [6, 6.07) is 5.54. The molecule has 0 amide bonds. The smallest absolute Gasteiger partial charge is 0.159 e. The highest BCUT2D eigenvalue weighted by atomic mass is 79.9. The molecule has 2 aromatic rings. The Labute approximate surface area is 130 Å². The SMILES string of the molecule is Fc1ccc(CC(Br)c2cc(F)c(Br)cc2F)cc1F. The minimum Gasteiger partial charge on any atom is -0.207 e. The first kappa shape index (κ1) is 15.5. The van der Waals surface area contributed by atoms with Gasteiger partial charge in [-0.3, -0.25) is 0 Å². The van der Waals surface area contributed by atoms with Crippen LogP contribution in [0.2, 0.25) is 0 Å². The summed E-state index contributed by atoms with van der Waals surface area (Å²) in [6.45, 7) is 0. The molecule has 0 aliphatic heterocycles. The standard InChI is InChI=1S/C14H8Br2F4/c15-9(3-7-1-2-11(17)14(20)4-7)8-5-13(19)10(16)6-12(8)18/h1-2,4-6,9H,3H2. The topological polar surface area (TPSA) is 0 Å². The maximum atomic E-state index is 13.8. The zero-order valence-electron chi connectivity index (χ0n) is 9.94. The summed E-state index contributed by atoms with van der Waals surface area (Å²) in [4.78, 5) is -0.546. The highest BCUT2D eigenvalue weighted by Crippen LogP contribution is 2.32. The van der Waals surface area contributed by atoms with Gasteiger partial charge in [-0.15, -0.1) is 0 Å². The van der Waals surface area contributed by atoms with Crippen molar-refractivity contribution in [3.8, 4) is 0 Å². The van der Waals surface area contributed by atoms with Gasteiger partial charge in [0.05, 0.1) is 4.47 Å². The summed E-state index contributed by atoms with van der Waals surface area (Å²) in [5.74, 6) is -3.08. The fourth-order valence-electron chi connectivity index (χ4n) is 1.76. The van der Waals surface area contributed by atoms with Gasteiger partial charge in [0.1, 0.15) is 11.6 Å². The van der Waals surface area contributed by atoms with E-state index < -0.39 is 28.1 Å². The molecular formula is C14H8Br2F4. The van der Waals surface area contributed by atoms with Crippen molar-refractivity contribution in [3.63, 3.8) is 0 Å². The van der Waals surface area contributed by atoms with Crippen LogP contribution in [0, 0.1) is 23.3 Å². The Bertz CT molecular complexity index is 643. The molecule has 0 spiro atoms. The zero-order chi connectivity index (χ0) is 14.9. The van der Waals surface area contributed by atoms with E-state index in [1.807, 2.05) is 0 Å². The normalized spacial score (nSPS) is 12.5. The van der Waals surface area contributed by atoms with E-state index in [0.717, 1.165) is 24.3 Å². The monoisotopic (exact) mass is 410 g/mol. The summed E-state index contributed by atoms with van der Waals surface area (Å²) < 4.78 is 53.1. The number of alkyl halides is 1. The summed E-state index contributed by atoms with van der Waals surface area (Å²) in [5.41, 5.74) is 0.601. The van der Waals surface area contributed by atoms with Crippen molar-refractivity contribution in [2.75, 3.05) is 0 Å². The van der Waals surface area contributed by atoms with Crippen LogP contribution in [-0.4, -0.2) is 0 Å². The van der Waals surface area contributed by atoms with E-state index in [0.29, 0.717) is 5.56 Å². The molecule has 0 aliphatic rings. The summed E-state index contributed by atoms with van der Waals surface area (Å²) in [6.07, 6.45) is 0.204. The van der Waals surface area contributed by atoms with Gasteiger partial charge in [-0.05, 0) is 52.2 Å². The average molecular weight is 412 g/mol. The van der Waals surface area contributed by atoms with E-state index in [1.54, 1.807) is 0 Å². The largest absolute Gasteiger partial charge is 0.207 e. The van der Waals surface area contributed by atoms with E-state index in [-0.39, 0.29) is 16.5 Å². The molecule has 0 nitrogen and oxygen atoms in total. The Morgan fingerprint density at radius 3 is 2.20 bits per heavy atom. The molecule has 1 unspecified atom stereocenters. The summed E-state index contributed by atoms with van der Waals surface area (Å²) >= 11 is 6.13. The second-order valence-electron chi connectivity index (χ2n) is 4.21. The van der Waals surface area contributed by atoms with E-state index >= 15 is 0 Å². The first-order chi connectivity index (χ1) is 9.38. The predicted molar refractivity (Wildman–Crippen MR) is 75.8 cm³/mol. The molecule has 0 aromatic heterocycles. The number of hydrogen-bond acceptors (Lipinski definition) is 0. The first-order valence-electron chi connectivity index (χ1n) is 5.61. The van der Waals surface area contributed by atoms with Gasteiger partial charge in [0, 0.05) is 10.4 Å². The molecular weight excluding hydrogens is 404 g/mol. The van der Waals surface area contributed by atoms with Crippen molar-refractivity contribution in [2.45, 2.75) is 11.2 Å². The number of hydrogen-bond donors (Lipinski definition) is 0. The van der Waals surface area contributed by atoms with Crippen LogP contribution in [-0.2, 0) is 6.42 Å². The Balaban J connectivity index is 2.25. The van der Waals surface area contributed by atoms with Gasteiger partial charge in [0.15, 0.2) is 11.6 Å². The van der Waals surface area contributed by atoms with Crippen molar-refractivity contribution in [3.05, 3.63) is 69.2 Å². The predicted octanol–water partition coefficient (Wildman–Crippen LogP) is 5.68. The molecule has 0 N–H and O–H groups in total. The molecule has 2 aromatic carbocycles. The molecule has 106 valence electrons. The molecule has 0 aliphatic carbocycles. The number of rotatable bonds is 3. The van der Waals surface area contributed by atoms with Crippen molar-refractivity contribution in [2.24, 2.45) is 0 Å². The maximum Gasteiger partial charge on any atom is 0.159 e. The quantitative estimate of drug-likeness (QED) is 0.346. The second kappa shape index (κ2) is 6.26. The van der Waals surface area contributed by atoms with Crippen LogP contribution in [0.5, 0.6) is 0 Å². The molecule has 20 heavy (non-hydrogen) atoms. The van der Waals surface area contributed by atoms with Gasteiger partial charge >= 0.3 is 0 Å². The van der Waals surface area contributed by atoms with Crippen molar-refractivity contribution in [1.29, 1.82) is 0 Å². The molecule has 0 saturated carbocycles. The fourth-order valence-corrected chi connectivity index (χ4v) is 2.80. The third-order valence-corrected chi connectivity index (χ3v) is 4.20. The van der Waals surface area contributed by atoms with E-state index in [9.17, 15) is 17.6 Å². The van der Waals surface area contributed by atoms with Crippen LogP contribution in [0.4, 0.5) is 17.6 Å². The van der Waals surface area contributed by atoms with Crippen molar-refractivity contribution >= 4 is 31.9 Å². The molecule has 0 bridgehead atoms. The van der Waals surface area contributed by atoms with Gasteiger partial charge in [-0.1, -0.05) is 22.0 Å². The van der Waals surface area contributed by atoms with Crippen LogP contribution in [0.1, 0.15) is 16.0 Å². The van der Waals surface area contributed by atoms with Gasteiger partial charge < -0.3 is 0 Å². The molecule has 6 heteroatoms. The molecule has 0 radical (unpaired) electrons. The van der Waals surface area contributed by atoms with E-state index in [4.69, 9.17) is 0 Å². The molecule has 0 heterocycles. The van der Waals surface area contributed by atoms with E-state index in [1.165, 1.54) is 6.07 Å². The molecule has 1 atom stereocenters. The molecule has 0 saturated heterocycles. The first-order valence-corrected chi connectivity index (χ1v) is 7.32. The Morgan fingerprint density at radius 1 is 0.850 bits per heavy atom. The van der Waals surface area contributed by atoms with Crippen molar-refractivity contribution < 1.29 is 17.6 Å². The number of benzene rings is 2. The summed E-state index contributed by atoms with van der Waals surface area (Å²) in [7, 11) is 0. The fraction of sp³-hybridized carbons (Fsp3) is 0.143. The number of halogens is 6. The van der Waals surface area contributed by atoms with E-state index in [2.05, 4.69) is 31.9 Å². The molecule has 2 rings (SSSR count). The van der Waals surface area contributed by atoms with Gasteiger partial charge in [-0.2, -0.15) is 0 Å². The van der Waals surface area contributed by atoms with Crippen LogP contribution >= 0.6 is 31.9 Å². The summed E-state index contributed by atoms with van der Waals surface area (Å²) in [5, 5.41) is 0. The average Bonchev–Trinajstić information content (AvgIpc) is 2.38. The zero-order valence-corrected chi connectivity index (χ0v) is 13.1. The lowest BCUT2D eigenvalue weighted by molar-refractivity contribution is 0.507. The lowest BCUT2D eigenvalue weighted by atomic mass is 10.0. The van der Waals surface area contributed by atoms with Gasteiger partial charge in [0.25, 0.3) is 0 Å². The van der Waals surface area contributed by atoms with Crippen molar-refractivity contribution in [1.82, 2.24) is 0 Å². The van der Waals surface area contributed by atoms with Gasteiger partial charge in [0.2, 0.25) is 0 Å². The maximum absolute atomic E-state index is 13.8. The van der Waals surface area contributed by atoms with Crippen LogP contribution in [0.3, 0.4) is 0 Å². The van der Waals surface area contributed by atoms with Crippen LogP contribution in [0.25, 0.3) is 0 Å². The minimum absolute atomic E-state index is 0.0336. The highest BCUT2D eigenvalue weighted by molar-refractivity contribution is 9.10. The van der Waals surface area contributed by atoms with Crippen LogP contribution in [0.15, 0.2) is 34.8 Å². The third-order valence-electron chi connectivity index (χ3n) is 2.78. The minimum atomic E-state index is -0.968. The Morgan fingerprint density at radius 2 is 1.55 bits per heavy atom. The Hall–Kier alpha value is -0.880. The lowest BCUT2D eigenvalue weighted by Gasteiger charge is -2.12. The van der Waals surface area contributed by atoms with Crippen LogP contribution < -0.4 is 0 Å². The lowest BCUT2D eigenvalue weighted by Crippen LogP contribution is -2.01. The second-order valence-corrected chi connectivity index (χ2v) is 6.17.